The summed E-state index contributed by atoms with van der Waals surface area (Å²) in [5.74, 6) is 1.53. The molecule has 0 aliphatic carbocycles. The number of aryl methyl sites for hydroxylation is 3. The lowest BCUT2D eigenvalue weighted by molar-refractivity contribution is 0.0924. The van der Waals surface area contributed by atoms with Crippen molar-refractivity contribution in [2.45, 2.75) is 26.7 Å². The average Bonchev–Trinajstić information content (AvgIpc) is 3.10. The van der Waals surface area contributed by atoms with Gasteiger partial charge in [0.25, 0.3) is 11.7 Å². The molecule has 23 heavy (non-hydrogen) atoms. The summed E-state index contributed by atoms with van der Waals surface area (Å²) < 4.78 is 7.68. The maximum atomic E-state index is 11.9. The molecule has 0 bridgehead atoms. The van der Waals surface area contributed by atoms with Crippen LogP contribution >= 0.6 is 15.9 Å². The molecule has 0 aliphatic heterocycles. The number of halogens is 1. The summed E-state index contributed by atoms with van der Waals surface area (Å²) in [5.41, 5.74) is 1.97. The van der Waals surface area contributed by atoms with E-state index in [1.165, 1.54) is 0 Å². The molecule has 0 spiro atoms. The van der Waals surface area contributed by atoms with Gasteiger partial charge in [-0.2, -0.15) is 0 Å². The van der Waals surface area contributed by atoms with Crippen LogP contribution < -0.4 is 5.32 Å². The van der Waals surface area contributed by atoms with Crippen LogP contribution in [0.15, 0.2) is 27.3 Å². The smallest absolute Gasteiger partial charge is 0.287 e. The molecule has 3 aromatic heterocycles. The lowest BCUT2D eigenvalue weighted by atomic mass is 10.2. The first kappa shape index (κ1) is 15.7. The van der Waals surface area contributed by atoms with Gasteiger partial charge in [-0.15, -0.1) is 10.2 Å². The Bertz CT molecular complexity index is 855. The largest absolute Gasteiger partial charge is 0.444 e. The first-order valence-electron chi connectivity index (χ1n) is 7.26. The van der Waals surface area contributed by atoms with Crippen molar-refractivity contribution in [2.75, 3.05) is 6.54 Å². The van der Waals surface area contributed by atoms with Gasteiger partial charge in [-0.25, -0.2) is 4.98 Å². The predicted molar refractivity (Wildman–Crippen MR) is 87.3 cm³/mol. The van der Waals surface area contributed by atoms with Gasteiger partial charge in [0.15, 0.2) is 10.4 Å². The number of aromatic nitrogens is 4. The molecule has 0 unspecified atom stereocenters. The van der Waals surface area contributed by atoms with Crippen molar-refractivity contribution >= 4 is 27.6 Å². The summed E-state index contributed by atoms with van der Waals surface area (Å²) in [4.78, 5) is 16.2. The molecular formula is C15H16BrN5O2. The van der Waals surface area contributed by atoms with E-state index in [9.17, 15) is 4.79 Å². The second-order valence-electron chi connectivity index (χ2n) is 5.25. The lowest BCUT2D eigenvalue weighted by Gasteiger charge is -2.05. The number of nitrogens with zero attached hydrogens (tertiary/aromatic N) is 4. The highest BCUT2D eigenvalue weighted by Crippen LogP contribution is 2.14. The van der Waals surface area contributed by atoms with Crippen LogP contribution in [-0.4, -0.2) is 32.0 Å². The zero-order chi connectivity index (χ0) is 16.4. The van der Waals surface area contributed by atoms with Gasteiger partial charge in [-0.05, 0) is 54.4 Å². The summed E-state index contributed by atoms with van der Waals surface area (Å²) in [7, 11) is 0. The van der Waals surface area contributed by atoms with E-state index in [1.54, 1.807) is 12.1 Å². The van der Waals surface area contributed by atoms with Crippen molar-refractivity contribution < 1.29 is 9.21 Å². The van der Waals surface area contributed by atoms with Crippen molar-refractivity contribution in [1.82, 2.24) is 24.9 Å². The van der Waals surface area contributed by atoms with Crippen LogP contribution in [0.4, 0.5) is 0 Å². The minimum absolute atomic E-state index is 0.227. The third kappa shape index (κ3) is 3.42. The number of nitrogens with one attached hydrogen (secondary N) is 1. The Labute approximate surface area is 141 Å². The topological polar surface area (TPSA) is 85.3 Å². The van der Waals surface area contributed by atoms with Crippen LogP contribution in [0.5, 0.6) is 0 Å². The molecule has 0 saturated heterocycles. The standard InChI is InChI=1S/C15H16BrN5O2/c1-9-8-10(2)21-13(19-20-15(21)18-9)4-3-7-17-14(22)11-5-6-12(16)23-11/h5-6,8H,3-4,7H2,1-2H3,(H,17,22). The third-order valence-corrected chi connectivity index (χ3v) is 3.85. The molecule has 120 valence electrons. The van der Waals surface area contributed by atoms with Crippen molar-refractivity contribution in [3.63, 3.8) is 0 Å². The van der Waals surface area contributed by atoms with E-state index in [-0.39, 0.29) is 5.91 Å². The zero-order valence-electron chi connectivity index (χ0n) is 12.8. The van der Waals surface area contributed by atoms with Crippen molar-refractivity contribution in [2.24, 2.45) is 0 Å². The number of hydrogen-bond acceptors (Lipinski definition) is 5. The fourth-order valence-corrected chi connectivity index (χ4v) is 2.74. The Morgan fingerprint density at radius 2 is 2.17 bits per heavy atom. The third-order valence-electron chi connectivity index (χ3n) is 3.42. The zero-order valence-corrected chi connectivity index (χ0v) is 14.4. The van der Waals surface area contributed by atoms with Crippen molar-refractivity contribution in [3.05, 3.63) is 45.8 Å². The highest BCUT2D eigenvalue weighted by Gasteiger charge is 2.11. The van der Waals surface area contributed by atoms with Gasteiger partial charge >= 0.3 is 0 Å². The summed E-state index contributed by atoms with van der Waals surface area (Å²) in [6, 6.07) is 5.31. The summed E-state index contributed by atoms with van der Waals surface area (Å²) in [6.07, 6.45) is 1.45. The molecule has 3 rings (SSSR count). The van der Waals surface area contributed by atoms with E-state index in [4.69, 9.17) is 4.42 Å². The van der Waals surface area contributed by atoms with Crippen LogP contribution in [0.3, 0.4) is 0 Å². The number of hydrogen-bond donors (Lipinski definition) is 1. The van der Waals surface area contributed by atoms with Crippen LogP contribution in [0.1, 0.15) is 34.2 Å². The van der Waals surface area contributed by atoms with Crippen molar-refractivity contribution in [1.29, 1.82) is 0 Å². The summed E-state index contributed by atoms with van der Waals surface area (Å²) >= 11 is 3.17. The normalized spacial score (nSPS) is 11.1. The molecule has 0 aromatic carbocycles. The second kappa shape index (κ2) is 6.49. The van der Waals surface area contributed by atoms with Crippen LogP contribution in [0.25, 0.3) is 5.78 Å². The van der Waals surface area contributed by atoms with E-state index in [0.29, 0.717) is 29.2 Å². The molecule has 3 aromatic rings. The van der Waals surface area contributed by atoms with E-state index in [2.05, 4.69) is 36.4 Å². The van der Waals surface area contributed by atoms with Gasteiger partial charge in [0.05, 0.1) is 0 Å². The van der Waals surface area contributed by atoms with Crippen molar-refractivity contribution in [3.8, 4) is 0 Å². The van der Waals surface area contributed by atoms with Gasteiger partial charge in [0.2, 0.25) is 0 Å². The highest BCUT2D eigenvalue weighted by molar-refractivity contribution is 9.10. The molecule has 3 heterocycles. The van der Waals surface area contributed by atoms with Crippen LogP contribution in [-0.2, 0) is 6.42 Å². The fraction of sp³-hybridized carbons (Fsp3) is 0.333. The van der Waals surface area contributed by atoms with E-state index >= 15 is 0 Å². The SMILES string of the molecule is Cc1cc(C)n2c(CCCNC(=O)c3ccc(Br)o3)nnc2n1. The maximum Gasteiger partial charge on any atom is 0.287 e. The maximum absolute atomic E-state index is 11.9. The Morgan fingerprint density at radius 3 is 2.91 bits per heavy atom. The molecule has 0 atom stereocenters. The lowest BCUT2D eigenvalue weighted by Crippen LogP contribution is -2.24. The summed E-state index contributed by atoms with van der Waals surface area (Å²) in [5, 5.41) is 11.1. The highest BCUT2D eigenvalue weighted by atomic mass is 79.9. The van der Waals surface area contributed by atoms with E-state index in [1.807, 2.05) is 24.3 Å². The first-order chi connectivity index (χ1) is 11.0. The molecule has 1 amide bonds. The van der Waals surface area contributed by atoms with Gasteiger partial charge in [0.1, 0.15) is 5.82 Å². The number of rotatable bonds is 5. The predicted octanol–water partition coefficient (Wildman–Crippen LogP) is 2.46. The Morgan fingerprint density at radius 1 is 1.35 bits per heavy atom. The molecule has 1 N–H and O–H groups in total. The molecule has 0 fully saturated rings. The van der Waals surface area contributed by atoms with Gasteiger partial charge in [0, 0.05) is 24.4 Å². The average molecular weight is 378 g/mol. The monoisotopic (exact) mass is 377 g/mol. The minimum atomic E-state index is -0.227. The summed E-state index contributed by atoms with van der Waals surface area (Å²) in [6.45, 7) is 4.47. The van der Waals surface area contributed by atoms with Crippen LogP contribution in [0.2, 0.25) is 0 Å². The number of furan rings is 1. The molecule has 7 nitrogen and oxygen atoms in total. The van der Waals surface area contributed by atoms with Gasteiger partial charge < -0.3 is 9.73 Å². The number of carbonyl (C=O) groups excluding carboxylic acids is 1. The first-order valence-corrected chi connectivity index (χ1v) is 8.05. The fourth-order valence-electron chi connectivity index (χ4n) is 2.43. The van der Waals surface area contributed by atoms with Gasteiger partial charge in [-0.1, -0.05) is 0 Å². The molecule has 0 aliphatic rings. The minimum Gasteiger partial charge on any atom is -0.444 e. The van der Waals surface area contributed by atoms with E-state index < -0.39 is 0 Å². The molecule has 0 radical (unpaired) electrons. The number of carbonyl (C=O) groups is 1. The van der Waals surface area contributed by atoms with Crippen LogP contribution in [0, 0.1) is 13.8 Å². The Balaban J connectivity index is 1.58. The quantitative estimate of drug-likeness (QED) is 0.690. The Kier molecular flexibility index (Phi) is 4.42. The second-order valence-corrected chi connectivity index (χ2v) is 6.04. The molecule has 8 heteroatoms. The van der Waals surface area contributed by atoms with Gasteiger partial charge in [-0.3, -0.25) is 9.20 Å². The number of fused-ring (bicyclic) bond motifs is 1. The molecule has 0 saturated carbocycles. The molecular weight excluding hydrogens is 362 g/mol. The number of amides is 1. The van der Waals surface area contributed by atoms with E-state index in [0.717, 1.165) is 23.6 Å². The Hall–Kier alpha value is -2.22.